The number of carbonyl (C=O) groups excluding carboxylic acids is 1. The zero-order valence-electron chi connectivity index (χ0n) is 10.5. The van der Waals surface area contributed by atoms with Crippen molar-refractivity contribution in [3.63, 3.8) is 0 Å². The third-order valence-corrected chi connectivity index (χ3v) is 2.43. The van der Waals surface area contributed by atoms with Crippen molar-refractivity contribution < 1.29 is 14.7 Å². The fourth-order valence-electron chi connectivity index (χ4n) is 1.42. The zero-order valence-corrected chi connectivity index (χ0v) is 10.5. The van der Waals surface area contributed by atoms with Gasteiger partial charge in [-0.3, -0.25) is 0 Å². The van der Waals surface area contributed by atoms with E-state index < -0.39 is 18.0 Å². The smallest absolute Gasteiger partial charge is 0.326 e. The van der Waals surface area contributed by atoms with Gasteiger partial charge in [0.2, 0.25) is 0 Å². The lowest BCUT2D eigenvalue weighted by molar-refractivity contribution is -0.140. The molecule has 0 spiro atoms. The Bertz CT molecular complexity index is 389. The molecule has 0 saturated heterocycles. The fourth-order valence-corrected chi connectivity index (χ4v) is 1.42. The summed E-state index contributed by atoms with van der Waals surface area (Å²) in [6.07, 6.45) is 5.08. The number of amides is 2. The highest BCUT2D eigenvalue weighted by molar-refractivity contribution is 5.82. The lowest BCUT2D eigenvalue weighted by Gasteiger charge is -2.18. The first kappa shape index (κ1) is 14.0. The first-order valence-electron chi connectivity index (χ1n) is 5.73. The average molecular weight is 254 g/mol. The molecule has 1 aromatic heterocycles. The number of carboxylic acids is 1. The lowest BCUT2D eigenvalue weighted by atomic mass is 10.1. The van der Waals surface area contributed by atoms with E-state index in [4.69, 9.17) is 5.11 Å². The molecule has 2 amide bonds. The molecule has 1 rings (SSSR count). The van der Waals surface area contributed by atoms with Crippen molar-refractivity contribution >= 4 is 12.0 Å². The van der Waals surface area contributed by atoms with Crippen LogP contribution in [0.15, 0.2) is 18.7 Å². The van der Waals surface area contributed by atoms with Crippen molar-refractivity contribution in [3.8, 4) is 0 Å². The third-order valence-electron chi connectivity index (χ3n) is 2.43. The highest BCUT2D eigenvalue weighted by Gasteiger charge is 2.22. The van der Waals surface area contributed by atoms with Gasteiger partial charge in [-0.15, -0.1) is 0 Å². The van der Waals surface area contributed by atoms with E-state index in [2.05, 4.69) is 15.6 Å². The molecular weight excluding hydrogens is 236 g/mol. The van der Waals surface area contributed by atoms with E-state index in [1.165, 1.54) is 0 Å². The van der Waals surface area contributed by atoms with Gasteiger partial charge in [-0.2, -0.15) is 0 Å². The summed E-state index contributed by atoms with van der Waals surface area (Å²) in [6.45, 7) is 4.48. The SMILES string of the molecule is CC(C)C(NC(=O)NCCn1ccnc1)C(=O)O. The molecule has 0 aliphatic carbocycles. The van der Waals surface area contributed by atoms with E-state index in [0.29, 0.717) is 13.1 Å². The summed E-state index contributed by atoms with van der Waals surface area (Å²) in [5.41, 5.74) is 0. The minimum atomic E-state index is -1.03. The van der Waals surface area contributed by atoms with E-state index in [1.807, 2.05) is 4.57 Å². The summed E-state index contributed by atoms with van der Waals surface area (Å²) in [5, 5.41) is 13.9. The van der Waals surface area contributed by atoms with Gasteiger partial charge in [-0.05, 0) is 5.92 Å². The maximum Gasteiger partial charge on any atom is 0.326 e. The molecule has 0 bridgehead atoms. The van der Waals surface area contributed by atoms with E-state index in [-0.39, 0.29) is 5.92 Å². The van der Waals surface area contributed by atoms with E-state index in [0.717, 1.165) is 0 Å². The van der Waals surface area contributed by atoms with Gasteiger partial charge in [0, 0.05) is 25.5 Å². The average Bonchev–Trinajstić information content (AvgIpc) is 2.78. The summed E-state index contributed by atoms with van der Waals surface area (Å²) in [5.74, 6) is -1.20. The van der Waals surface area contributed by atoms with Gasteiger partial charge in [0.05, 0.1) is 6.33 Å². The number of rotatable bonds is 6. The molecule has 0 aromatic carbocycles. The highest BCUT2D eigenvalue weighted by Crippen LogP contribution is 2.01. The molecule has 1 unspecified atom stereocenters. The standard InChI is InChI=1S/C11H18N4O3/c1-8(2)9(10(16)17)14-11(18)13-4-6-15-5-3-12-7-15/h3,5,7-9H,4,6H2,1-2H3,(H,16,17)(H2,13,14,18). The number of carboxylic acid groups (broad SMARTS) is 1. The molecule has 7 heteroatoms. The summed E-state index contributed by atoms with van der Waals surface area (Å²) in [7, 11) is 0. The number of urea groups is 1. The predicted molar refractivity (Wildman–Crippen MR) is 65.0 cm³/mol. The van der Waals surface area contributed by atoms with Crippen LogP contribution in [0, 0.1) is 5.92 Å². The molecule has 1 atom stereocenters. The van der Waals surface area contributed by atoms with Crippen LogP contribution in [0.2, 0.25) is 0 Å². The number of carbonyl (C=O) groups is 2. The Morgan fingerprint density at radius 1 is 1.44 bits per heavy atom. The number of aromatic nitrogens is 2. The van der Waals surface area contributed by atoms with Crippen LogP contribution in [-0.2, 0) is 11.3 Å². The van der Waals surface area contributed by atoms with Crippen LogP contribution >= 0.6 is 0 Å². The molecule has 0 fully saturated rings. The molecule has 0 radical (unpaired) electrons. The second-order valence-electron chi connectivity index (χ2n) is 4.26. The largest absolute Gasteiger partial charge is 0.480 e. The van der Waals surface area contributed by atoms with E-state index in [1.54, 1.807) is 32.6 Å². The first-order valence-corrected chi connectivity index (χ1v) is 5.73. The summed E-state index contributed by atoms with van der Waals surface area (Å²) >= 11 is 0. The third kappa shape index (κ3) is 4.44. The molecular formula is C11H18N4O3. The quantitative estimate of drug-likeness (QED) is 0.680. The van der Waals surface area contributed by atoms with Crippen LogP contribution in [0.5, 0.6) is 0 Å². The molecule has 3 N–H and O–H groups in total. The minimum absolute atomic E-state index is 0.165. The van der Waals surface area contributed by atoms with Crippen LogP contribution in [0.25, 0.3) is 0 Å². The Labute approximate surface area is 105 Å². The van der Waals surface area contributed by atoms with Crippen LogP contribution in [-0.4, -0.2) is 39.2 Å². The Hall–Kier alpha value is -2.05. The van der Waals surface area contributed by atoms with Gasteiger partial charge in [0.25, 0.3) is 0 Å². The minimum Gasteiger partial charge on any atom is -0.480 e. The Balaban J connectivity index is 2.30. The molecule has 1 aromatic rings. The second kappa shape index (κ2) is 6.63. The fraction of sp³-hybridized carbons (Fsp3) is 0.545. The molecule has 0 aliphatic heterocycles. The molecule has 1 heterocycles. The number of nitrogens with zero attached hydrogens (tertiary/aromatic N) is 2. The van der Waals surface area contributed by atoms with Crippen molar-refractivity contribution in [2.75, 3.05) is 6.54 Å². The maximum absolute atomic E-state index is 11.5. The molecule has 100 valence electrons. The zero-order chi connectivity index (χ0) is 13.5. The number of hydrogen-bond donors (Lipinski definition) is 3. The molecule has 7 nitrogen and oxygen atoms in total. The summed E-state index contributed by atoms with van der Waals surface area (Å²) < 4.78 is 1.82. The Morgan fingerprint density at radius 2 is 2.17 bits per heavy atom. The van der Waals surface area contributed by atoms with Crippen molar-refractivity contribution in [2.45, 2.75) is 26.4 Å². The lowest BCUT2D eigenvalue weighted by Crippen LogP contribution is -2.49. The molecule has 0 aliphatic rings. The van der Waals surface area contributed by atoms with Crippen molar-refractivity contribution in [1.82, 2.24) is 20.2 Å². The number of imidazole rings is 1. The number of hydrogen-bond acceptors (Lipinski definition) is 3. The van der Waals surface area contributed by atoms with Gasteiger partial charge >= 0.3 is 12.0 Å². The Morgan fingerprint density at radius 3 is 2.67 bits per heavy atom. The van der Waals surface area contributed by atoms with Crippen LogP contribution < -0.4 is 10.6 Å². The van der Waals surface area contributed by atoms with Gasteiger partial charge in [0.15, 0.2) is 0 Å². The maximum atomic E-state index is 11.5. The molecule has 18 heavy (non-hydrogen) atoms. The number of nitrogens with one attached hydrogen (secondary N) is 2. The van der Waals surface area contributed by atoms with Crippen molar-refractivity contribution in [1.29, 1.82) is 0 Å². The topological polar surface area (TPSA) is 96.3 Å². The van der Waals surface area contributed by atoms with E-state index in [9.17, 15) is 9.59 Å². The number of aliphatic carboxylic acids is 1. The first-order chi connectivity index (χ1) is 8.50. The van der Waals surface area contributed by atoms with Crippen molar-refractivity contribution in [3.05, 3.63) is 18.7 Å². The molecule has 0 saturated carbocycles. The highest BCUT2D eigenvalue weighted by atomic mass is 16.4. The summed E-state index contributed by atoms with van der Waals surface area (Å²) in [4.78, 5) is 26.2. The van der Waals surface area contributed by atoms with Gasteiger partial charge < -0.3 is 20.3 Å². The normalized spacial score (nSPS) is 12.2. The summed E-state index contributed by atoms with van der Waals surface area (Å²) in [6, 6.07) is -1.35. The predicted octanol–water partition coefficient (Wildman–Crippen LogP) is 0.291. The van der Waals surface area contributed by atoms with Gasteiger partial charge in [0.1, 0.15) is 6.04 Å². The monoisotopic (exact) mass is 254 g/mol. The van der Waals surface area contributed by atoms with Crippen molar-refractivity contribution in [2.24, 2.45) is 5.92 Å². The van der Waals surface area contributed by atoms with Crippen LogP contribution in [0.3, 0.4) is 0 Å². The van der Waals surface area contributed by atoms with Gasteiger partial charge in [-0.1, -0.05) is 13.8 Å². The van der Waals surface area contributed by atoms with Crippen LogP contribution in [0.4, 0.5) is 4.79 Å². The Kier molecular flexibility index (Phi) is 5.16. The van der Waals surface area contributed by atoms with E-state index >= 15 is 0 Å². The second-order valence-corrected chi connectivity index (χ2v) is 4.26. The van der Waals surface area contributed by atoms with Gasteiger partial charge in [-0.25, -0.2) is 14.6 Å². The van der Waals surface area contributed by atoms with Crippen LogP contribution in [0.1, 0.15) is 13.8 Å².